The summed E-state index contributed by atoms with van der Waals surface area (Å²) in [5.41, 5.74) is 4.16. The van der Waals surface area contributed by atoms with Crippen molar-refractivity contribution in [1.29, 1.82) is 0 Å². The molecule has 0 aliphatic carbocycles. The van der Waals surface area contributed by atoms with Gasteiger partial charge in [0.2, 0.25) is 4.96 Å². The van der Waals surface area contributed by atoms with Crippen molar-refractivity contribution in [3.05, 3.63) is 64.2 Å². The number of amides is 1. The Hall–Kier alpha value is -3.87. The van der Waals surface area contributed by atoms with E-state index in [-0.39, 0.29) is 5.91 Å². The molecule has 0 radical (unpaired) electrons. The van der Waals surface area contributed by atoms with E-state index in [4.69, 9.17) is 24.4 Å². The van der Waals surface area contributed by atoms with Crippen LogP contribution in [0.1, 0.15) is 53.7 Å². The Morgan fingerprint density at radius 2 is 1.82 bits per heavy atom. The van der Waals surface area contributed by atoms with E-state index in [9.17, 15) is 4.79 Å². The van der Waals surface area contributed by atoms with E-state index in [2.05, 4.69) is 16.9 Å². The summed E-state index contributed by atoms with van der Waals surface area (Å²) in [7, 11) is 1.64. The average molecular weight is 643 g/mol. The number of aryl methyl sites for hydroxylation is 1. The first-order valence-electron chi connectivity index (χ1n) is 14.7. The fraction of sp³-hybridized carbons (Fsp3) is 0.344. The Kier molecular flexibility index (Phi) is 6.87. The van der Waals surface area contributed by atoms with Crippen LogP contribution in [0.3, 0.4) is 0 Å². The molecule has 2 fully saturated rings. The molecule has 3 atom stereocenters. The second-order valence-corrected chi connectivity index (χ2v) is 14.7. The molecule has 1 unspecified atom stereocenters. The van der Waals surface area contributed by atoms with Gasteiger partial charge in [-0.25, -0.2) is 19.5 Å². The normalized spacial score (nSPS) is 19.7. The van der Waals surface area contributed by atoms with Crippen LogP contribution in [0.2, 0.25) is 0 Å². The molecule has 2 aliphatic heterocycles. The van der Waals surface area contributed by atoms with Crippen LogP contribution >= 0.6 is 34.0 Å². The number of carbonyl (C=O) groups is 1. The maximum Gasteiger partial charge on any atom is 0.254 e. The number of piperidine rings is 1. The van der Waals surface area contributed by atoms with Crippen LogP contribution in [0.15, 0.2) is 48.0 Å². The summed E-state index contributed by atoms with van der Waals surface area (Å²) in [6, 6.07) is 12.5. The topological polar surface area (TPSA) is 94.7 Å². The molecule has 2 bridgehead atoms. The van der Waals surface area contributed by atoms with Crippen molar-refractivity contribution in [2.75, 3.05) is 7.11 Å². The maximum atomic E-state index is 13.4. The van der Waals surface area contributed by atoms with E-state index in [0.717, 1.165) is 78.4 Å². The minimum absolute atomic E-state index is 0.166. The van der Waals surface area contributed by atoms with E-state index < -0.39 is 0 Å². The lowest BCUT2D eigenvalue weighted by molar-refractivity contribution is 0.0538. The number of ether oxygens (including phenoxy) is 2. The van der Waals surface area contributed by atoms with Crippen molar-refractivity contribution in [1.82, 2.24) is 29.5 Å². The van der Waals surface area contributed by atoms with E-state index in [0.29, 0.717) is 36.1 Å². The van der Waals surface area contributed by atoms with Crippen LogP contribution in [0.5, 0.6) is 11.5 Å². The van der Waals surface area contributed by atoms with Gasteiger partial charge in [0.25, 0.3) is 5.91 Å². The van der Waals surface area contributed by atoms with Crippen LogP contribution in [0.4, 0.5) is 0 Å². The number of imidazole rings is 1. The fourth-order valence-electron chi connectivity index (χ4n) is 6.56. The van der Waals surface area contributed by atoms with Crippen molar-refractivity contribution in [3.8, 4) is 32.8 Å². The number of hydrogen-bond donors (Lipinski definition) is 0. The summed E-state index contributed by atoms with van der Waals surface area (Å²) in [4.78, 5) is 30.8. The van der Waals surface area contributed by atoms with Gasteiger partial charge in [-0.3, -0.25) is 4.79 Å². The highest BCUT2D eigenvalue weighted by atomic mass is 32.1. The van der Waals surface area contributed by atoms with Gasteiger partial charge in [-0.2, -0.15) is 5.10 Å². The van der Waals surface area contributed by atoms with Crippen LogP contribution in [0, 0.1) is 12.8 Å². The van der Waals surface area contributed by atoms with Gasteiger partial charge >= 0.3 is 0 Å². The first-order valence-corrected chi connectivity index (χ1v) is 17.2. The molecule has 0 spiro atoms. The van der Waals surface area contributed by atoms with Gasteiger partial charge in [-0.05, 0) is 50.7 Å². The van der Waals surface area contributed by atoms with Crippen LogP contribution < -0.4 is 9.47 Å². The van der Waals surface area contributed by atoms with Crippen molar-refractivity contribution in [2.45, 2.75) is 58.2 Å². The van der Waals surface area contributed by atoms with Crippen molar-refractivity contribution in [2.24, 2.45) is 5.92 Å². The molecule has 0 N–H and O–H groups in total. The Morgan fingerprint density at radius 3 is 2.57 bits per heavy atom. The van der Waals surface area contributed by atoms with Gasteiger partial charge in [0.1, 0.15) is 38.8 Å². The lowest BCUT2D eigenvalue weighted by Crippen LogP contribution is -2.46. The van der Waals surface area contributed by atoms with Gasteiger partial charge in [0.05, 0.1) is 29.2 Å². The number of aromatic nitrogens is 5. The van der Waals surface area contributed by atoms with E-state index in [1.54, 1.807) is 34.3 Å². The molecule has 224 valence electrons. The first kappa shape index (κ1) is 27.7. The van der Waals surface area contributed by atoms with Crippen molar-refractivity contribution < 1.29 is 14.3 Å². The summed E-state index contributed by atoms with van der Waals surface area (Å²) in [6.07, 6.45) is 6.42. The average Bonchev–Trinajstić information content (AvgIpc) is 3.84. The molecule has 12 heteroatoms. The SMILES string of the molecule is COc1cc(OCc2csc(-c3ccc(C(=O)N4[C@@H]5CC[C@H]4CC(C)C5)cc3)n2)c2sc(-c3cn4nc(C)sc4n3)nc2c1. The lowest BCUT2D eigenvalue weighted by atomic mass is 9.92. The molecule has 6 heterocycles. The first-order chi connectivity index (χ1) is 21.4. The zero-order valence-corrected chi connectivity index (χ0v) is 27.0. The monoisotopic (exact) mass is 642 g/mol. The van der Waals surface area contributed by atoms with Crippen molar-refractivity contribution in [3.63, 3.8) is 0 Å². The standard InChI is InChI=1S/C32H30N6O3S3/c1-17-10-22-8-9-23(11-17)38(22)31(39)20-6-4-19(5-7-20)29-33-21(16-42-29)15-41-27-13-24(40-3)12-25-28(27)44-30(34-25)26-14-37-32(35-26)43-18(2)36-37/h4-7,12-14,16-17,22-23H,8-11,15H2,1-3H3/t17?,22-,23+. The highest BCUT2D eigenvalue weighted by Crippen LogP contribution is 2.41. The quantitative estimate of drug-likeness (QED) is 0.178. The zero-order chi connectivity index (χ0) is 29.9. The fourth-order valence-corrected chi connectivity index (χ4v) is 9.06. The molecule has 2 aliphatic rings. The number of nitrogens with zero attached hydrogens (tertiary/aromatic N) is 6. The number of carbonyl (C=O) groups excluding carboxylic acids is 1. The summed E-state index contributed by atoms with van der Waals surface area (Å²) in [5.74, 6) is 2.24. The van der Waals surface area contributed by atoms with E-state index in [1.165, 1.54) is 11.3 Å². The smallest absolute Gasteiger partial charge is 0.254 e. The molecule has 4 aromatic heterocycles. The summed E-state index contributed by atoms with van der Waals surface area (Å²) < 4.78 is 14.6. The lowest BCUT2D eigenvalue weighted by Gasteiger charge is -2.38. The number of hydrogen-bond acceptors (Lipinski definition) is 10. The van der Waals surface area contributed by atoms with Crippen LogP contribution in [-0.2, 0) is 6.61 Å². The predicted octanol–water partition coefficient (Wildman–Crippen LogP) is 7.49. The number of methoxy groups -OCH3 is 1. The molecular weight excluding hydrogens is 613 g/mol. The van der Waals surface area contributed by atoms with Crippen molar-refractivity contribution >= 4 is 55.1 Å². The molecule has 9 nitrogen and oxygen atoms in total. The summed E-state index contributed by atoms with van der Waals surface area (Å²) in [6.45, 7) is 4.59. The van der Waals surface area contributed by atoms with Crippen LogP contribution in [-0.4, -0.2) is 54.6 Å². The molecule has 6 aromatic rings. The van der Waals surface area contributed by atoms with E-state index >= 15 is 0 Å². The summed E-state index contributed by atoms with van der Waals surface area (Å²) >= 11 is 4.66. The Labute approximate surface area is 266 Å². The largest absolute Gasteiger partial charge is 0.497 e. The molecule has 2 aromatic carbocycles. The molecule has 44 heavy (non-hydrogen) atoms. The Balaban J connectivity index is 0.985. The van der Waals surface area contributed by atoms with Gasteiger partial charge in [0.15, 0.2) is 0 Å². The number of thiazole rings is 2. The molecule has 0 saturated carbocycles. The third-order valence-corrected chi connectivity index (χ3v) is 11.4. The molecule has 1 amide bonds. The minimum atomic E-state index is 0.166. The van der Waals surface area contributed by atoms with Gasteiger partial charge in [0, 0.05) is 40.7 Å². The Morgan fingerprint density at radius 1 is 1.02 bits per heavy atom. The molecule has 2 saturated heterocycles. The highest BCUT2D eigenvalue weighted by Gasteiger charge is 2.42. The van der Waals surface area contributed by atoms with Gasteiger partial charge < -0.3 is 14.4 Å². The van der Waals surface area contributed by atoms with Gasteiger partial charge in [-0.1, -0.05) is 30.4 Å². The predicted molar refractivity (Wildman–Crippen MR) is 174 cm³/mol. The second-order valence-electron chi connectivity index (χ2n) is 11.7. The number of benzene rings is 2. The third kappa shape index (κ3) is 4.94. The van der Waals surface area contributed by atoms with Gasteiger partial charge in [-0.15, -0.1) is 22.7 Å². The number of fused-ring (bicyclic) bond motifs is 4. The number of rotatable bonds is 7. The maximum absolute atomic E-state index is 13.4. The third-order valence-electron chi connectivity index (χ3n) is 8.54. The molecule has 8 rings (SSSR count). The zero-order valence-electron chi connectivity index (χ0n) is 24.5. The Bertz CT molecular complexity index is 1960. The summed E-state index contributed by atoms with van der Waals surface area (Å²) in [5, 5.41) is 9.15. The molecular formula is C32H30N6O3S3. The minimum Gasteiger partial charge on any atom is -0.497 e. The second kappa shape index (κ2) is 10.9. The van der Waals surface area contributed by atoms with E-state index in [1.807, 2.05) is 54.9 Å². The van der Waals surface area contributed by atoms with Crippen LogP contribution in [0.25, 0.3) is 36.5 Å². The highest BCUT2D eigenvalue weighted by molar-refractivity contribution is 7.22.